The first-order valence-electron chi connectivity index (χ1n) is 5.34. The number of aliphatic carboxylic acids is 1. The Hall–Kier alpha value is -0.630. The molecule has 17 heavy (non-hydrogen) atoms. The molecule has 1 aromatic heterocycles. The quantitative estimate of drug-likeness (QED) is 0.819. The van der Waals surface area contributed by atoms with Crippen molar-refractivity contribution in [2.24, 2.45) is 5.92 Å². The van der Waals surface area contributed by atoms with Gasteiger partial charge in [-0.1, -0.05) is 0 Å². The van der Waals surface area contributed by atoms with Crippen molar-refractivity contribution in [1.82, 2.24) is 4.90 Å². The molecule has 1 fully saturated rings. The van der Waals surface area contributed by atoms with Gasteiger partial charge in [-0.25, -0.2) is 0 Å². The van der Waals surface area contributed by atoms with E-state index in [-0.39, 0.29) is 5.91 Å². The third-order valence-corrected chi connectivity index (χ3v) is 4.66. The Morgan fingerprint density at radius 2 is 2.29 bits per heavy atom. The Morgan fingerprint density at radius 3 is 2.88 bits per heavy atom. The molecule has 1 N–H and O–H groups in total. The van der Waals surface area contributed by atoms with Gasteiger partial charge in [0.2, 0.25) is 0 Å². The van der Waals surface area contributed by atoms with Crippen molar-refractivity contribution in [2.75, 3.05) is 13.1 Å². The van der Waals surface area contributed by atoms with E-state index in [0.717, 1.165) is 9.30 Å². The van der Waals surface area contributed by atoms with Crippen LogP contribution < -0.4 is 0 Å². The first-order valence-corrected chi connectivity index (χ1v) is 7.30. The van der Waals surface area contributed by atoms with Crippen LogP contribution in [-0.4, -0.2) is 35.0 Å². The van der Waals surface area contributed by atoms with Crippen molar-refractivity contribution in [3.63, 3.8) is 0 Å². The van der Waals surface area contributed by atoms with Gasteiger partial charge in [0.25, 0.3) is 5.91 Å². The average Bonchev–Trinajstić information content (AvgIpc) is 2.75. The van der Waals surface area contributed by atoms with E-state index in [1.165, 1.54) is 11.3 Å². The van der Waals surface area contributed by atoms with Crippen LogP contribution in [0, 0.1) is 8.80 Å². The average molecular weight is 365 g/mol. The minimum absolute atomic E-state index is 0.0462. The molecular formula is C11H12INO3S. The van der Waals surface area contributed by atoms with E-state index in [4.69, 9.17) is 5.11 Å². The fourth-order valence-corrected chi connectivity index (χ4v) is 3.29. The summed E-state index contributed by atoms with van der Waals surface area (Å²) >= 11 is 3.70. The van der Waals surface area contributed by atoms with Gasteiger partial charge in [0.05, 0.1) is 14.4 Å². The third-order valence-electron chi connectivity index (χ3n) is 2.87. The second-order valence-corrected chi connectivity index (χ2v) is 6.87. The molecule has 1 amide bonds. The highest BCUT2D eigenvalue weighted by molar-refractivity contribution is 14.1. The van der Waals surface area contributed by atoms with Gasteiger partial charge < -0.3 is 10.0 Å². The monoisotopic (exact) mass is 365 g/mol. The van der Waals surface area contributed by atoms with Crippen LogP contribution in [0.4, 0.5) is 0 Å². The number of likely N-dealkylation sites (tertiary alicyclic amines) is 1. The topological polar surface area (TPSA) is 57.6 Å². The maximum absolute atomic E-state index is 12.1. The van der Waals surface area contributed by atoms with Gasteiger partial charge in [-0.3, -0.25) is 9.59 Å². The SMILES string of the molecule is O=C(O)[C@H]1CCCN(C(=O)c2csc(I)c2)C1. The summed E-state index contributed by atoms with van der Waals surface area (Å²) in [6.45, 7) is 0.996. The normalized spacial score (nSPS) is 20.3. The number of carbonyl (C=O) groups is 2. The molecule has 0 spiro atoms. The molecule has 0 aliphatic carbocycles. The fraction of sp³-hybridized carbons (Fsp3) is 0.455. The highest BCUT2D eigenvalue weighted by Crippen LogP contribution is 2.22. The van der Waals surface area contributed by atoms with Gasteiger partial charge in [0.15, 0.2) is 0 Å². The molecule has 1 aliphatic rings. The van der Waals surface area contributed by atoms with Crippen LogP contribution in [-0.2, 0) is 4.79 Å². The zero-order chi connectivity index (χ0) is 12.4. The Bertz CT molecular complexity index is 446. The summed E-state index contributed by atoms with van der Waals surface area (Å²) in [4.78, 5) is 24.7. The van der Waals surface area contributed by atoms with E-state index < -0.39 is 11.9 Å². The van der Waals surface area contributed by atoms with Crippen LogP contribution in [0.25, 0.3) is 0 Å². The Balaban J connectivity index is 2.07. The molecule has 4 nitrogen and oxygen atoms in total. The minimum atomic E-state index is -0.803. The molecule has 1 aliphatic heterocycles. The molecule has 92 valence electrons. The number of halogens is 1. The van der Waals surface area contributed by atoms with Crippen molar-refractivity contribution in [3.8, 4) is 0 Å². The van der Waals surface area contributed by atoms with Gasteiger partial charge in [-0.15, -0.1) is 11.3 Å². The highest BCUT2D eigenvalue weighted by Gasteiger charge is 2.28. The minimum Gasteiger partial charge on any atom is -0.481 e. The standard InChI is InChI=1S/C11H12INO3S/c12-9-4-8(6-17-9)10(14)13-3-1-2-7(5-13)11(15)16/h4,6-7H,1-3,5H2,(H,15,16)/t7-/m0/s1. The second-order valence-electron chi connectivity index (χ2n) is 4.07. The Morgan fingerprint density at radius 1 is 1.53 bits per heavy atom. The van der Waals surface area contributed by atoms with Crippen molar-refractivity contribution < 1.29 is 14.7 Å². The maximum Gasteiger partial charge on any atom is 0.308 e. The molecule has 0 saturated carbocycles. The number of carbonyl (C=O) groups excluding carboxylic acids is 1. The number of hydrogen-bond acceptors (Lipinski definition) is 3. The van der Waals surface area contributed by atoms with Crippen molar-refractivity contribution >= 4 is 45.8 Å². The first kappa shape index (κ1) is 12.8. The summed E-state index contributed by atoms with van der Waals surface area (Å²) in [5.74, 6) is -1.26. The lowest BCUT2D eigenvalue weighted by Gasteiger charge is -2.30. The van der Waals surface area contributed by atoms with Crippen molar-refractivity contribution in [3.05, 3.63) is 19.9 Å². The van der Waals surface area contributed by atoms with E-state index >= 15 is 0 Å². The molecule has 6 heteroatoms. The van der Waals surface area contributed by atoms with Crippen LogP contribution >= 0.6 is 33.9 Å². The van der Waals surface area contributed by atoms with Gasteiger partial charge in [-0.2, -0.15) is 0 Å². The molecular weight excluding hydrogens is 353 g/mol. The zero-order valence-corrected chi connectivity index (χ0v) is 12.0. The van der Waals surface area contributed by atoms with E-state index in [0.29, 0.717) is 25.1 Å². The zero-order valence-electron chi connectivity index (χ0n) is 9.06. The van der Waals surface area contributed by atoms with Gasteiger partial charge in [0.1, 0.15) is 0 Å². The number of rotatable bonds is 2. The fourth-order valence-electron chi connectivity index (χ4n) is 1.97. The smallest absolute Gasteiger partial charge is 0.308 e. The summed E-state index contributed by atoms with van der Waals surface area (Å²) in [5, 5.41) is 10.8. The molecule has 0 radical (unpaired) electrons. The van der Waals surface area contributed by atoms with E-state index in [9.17, 15) is 9.59 Å². The number of piperidine rings is 1. The molecule has 0 unspecified atom stereocenters. The summed E-state index contributed by atoms with van der Waals surface area (Å²) in [5.41, 5.74) is 0.672. The van der Waals surface area contributed by atoms with Crippen molar-refractivity contribution in [1.29, 1.82) is 0 Å². The second kappa shape index (κ2) is 5.34. The van der Waals surface area contributed by atoms with Crippen molar-refractivity contribution in [2.45, 2.75) is 12.8 Å². The van der Waals surface area contributed by atoms with E-state index in [1.807, 2.05) is 11.4 Å². The summed E-state index contributed by atoms with van der Waals surface area (Å²) in [6.07, 6.45) is 1.43. The van der Waals surface area contributed by atoms with E-state index in [2.05, 4.69) is 22.6 Å². The Kier molecular flexibility index (Phi) is 4.03. The number of thiophene rings is 1. The molecule has 1 saturated heterocycles. The summed E-state index contributed by atoms with van der Waals surface area (Å²) < 4.78 is 1.07. The molecule has 1 aromatic rings. The van der Waals surface area contributed by atoms with Gasteiger partial charge >= 0.3 is 5.97 Å². The first-order chi connectivity index (χ1) is 8.08. The Labute approximate surface area is 117 Å². The maximum atomic E-state index is 12.1. The number of amides is 1. The predicted molar refractivity (Wildman–Crippen MR) is 73.3 cm³/mol. The van der Waals surface area contributed by atoms with Gasteiger partial charge in [-0.05, 0) is 41.5 Å². The summed E-state index contributed by atoms with van der Waals surface area (Å²) in [7, 11) is 0. The highest BCUT2D eigenvalue weighted by atomic mass is 127. The van der Waals surface area contributed by atoms with Crippen LogP contribution in [0.2, 0.25) is 0 Å². The van der Waals surface area contributed by atoms with Crippen LogP contribution in [0.3, 0.4) is 0 Å². The lowest BCUT2D eigenvalue weighted by molar-refractivity contribution is -0.143. The molecule has 0 aromatic carbocycles. The van der Waals surface area contributed by atoms with Crippen LogP contribution in [0.5, 0.6) is 0 Å². The van der Waals surface area contributed by atoms with Gasteiger partial charge in [0, 0.05) is 18.5 Å². The lowest BCUT2D eigenvalue weighted by atomic mass is 9.98. The number of hydrogen-bond donors (Lipinski definition) is 1. The largest absolute Gasteiger partial charge is 0.481 e. The van der Waals surface area contributed by atoms with Crippen LogP contribution in [0.1, 0.15) is 23.2 Å². The van der Waals surface area contributed by atoms with Crippen LogP contribution in [0.15, 0.2) is 11.4 Å². The number of carboxylic acid groups (broad SMARTS) is 1. The number of nitrogens with zero attached hydrogens (tertiary/aromatic N) is 1. The van der Waals surface area contributed by atoms with E-state index in [1.54, 1.807) is 4.90 Å². The predicted octanol–water partition coefficient (Wildman–Crippen LogP) is 2.29. The lowest BCUT2D eigenvalue weighted by Crippen LogP contribution is -2.42. The third kappa shape index (κ3) is 2.98. The molecule has 1 atom stereocenters. The summed E-state index contributed by atoms with van der Waals surface area (Å²) in [6, 6.07) is 1.85. The molecule has 0 bridgehead atoms. The number of carboxylic acids is 1. The molecule has 2 heterocycles. The molecule has 2 rings (SSSR count).